The molecule has 0 saturated heterocycles. The van der Waals surface area contributed by atoms with E-state index in [0.717, 1.165) is 29.7 Å². The number of aldehydes is 1. The summed E-state index contributed by atoms with van der Waals surface area (Å²) in [6.07, 6.45) is 4.51. The first-order valence-electron chi connectivity index (χ1n) is 14.0. The van der Waals surface area contributed by atoms with Crippen LogP contribution in [0.4, 0.5) is 9.18 Å². The molecule has 0 bridgehead atoms. The quantitative estimate of drug-likeness (QED) is 0.168. The molecule has 3 aromatic rings. The number of alkyl carbamates (subject to hydrolysis) is 1. The van der Waals surface area contributed by atoms with Crippen molar-refractivity contribution >= 4 is 12.4 Å². The van der Waals surface area contributed by atoms with Gasteiger partial charge in [0.25, 0.3) is 0 Å². The molecule has 3 rings (SSSR count). The number of ether oxygens (including phenoxy) is 2. The minimum Gasteiger partial charge on any atom is -0.445 e. The Morgan fingerprint density at radius 3 is 2.24 bits per heavy atom. The van der Waals surface area contributed by atoms with Crippen LogP contribution in [-0.2, 0) is 27.5 Å². The lowest BCUT2D eigenvalue weighted by atomic mass is 10.0. The molecule has 8 heteroatoms. The monoisotopic (exact) mass is 579 g/mol. The molecule has 0 saturated carbocycles. The number of rotatable bonds is 9. The predicted octanol–water partition coefficient (Wildman–Crippen LogP) is 6.63. The van der Waals surface area contributed by atoms with Crippen molar-refractivity contribution in [3.8, 4) is 11.8 Å². The average molecular weight is 580 g/mol. The Morgan fingerprint density at radius 2 is 1.69 bits per heavy atom. The summed E-state index contributed by atoms with van der Waals surface area (Å²) in [5.74, 6) is 5.80. The molecule has 0 aliphatic rings. The van der Waals surface area contributed by atoms with Crippen LogP contribution in [-0.4, -0.2) is 43.1 Å². The SMILES string of the molecule is CC.CCC(C)(C)NC(=O)OCc1cccnc1.CNCC#Cc1ccc(C)cc1.O=CCOCc1ccc(F)cc1. The predicted molar refractivity (Wildman–Crippen MR) is 167 cm³/mol. The molecule has 1 amide bonds. The summed E-state index contributed by atoms with van der Waals surface area (Å²) >= 11 is 0. The highest BCUT2D eigenvalue weighted by molar-refractivity contribution is 5.68. The van der Waals surface area contributed by atoms with Gasteiger partial charge in [-0.3, -0.25) is 4.98 Å². The Bertz CT molecular complexity index is 1170. The maximum atomic E-state index is 12.4. The molecule has 1 heterocycles. The molecule has 2 aromatic carbocycles. The van der Waals surface area contributed by atoms with E-state index < -0.39 is 6.09 Å². The third kappa shape index (κ3) is 19.9. The van der Waals surface area contributed by atoms with E-state index in [1.807, 2.05) is 65.9 Å². The number of halogens is 1. The van der Waals surface area contributed by atoms with Gasteiger partial charge in [0.05, 0.1) is 13.2 Å². The van der Waals surface area contributed by atoms with Crippen molar-refractivity contribution in [2.75, 3.05) is 20.2 Å². The Kier molecular flexibility index (Phi) is 21.3. The zero-order chi connectivity index (χ0) is 31.6. The fourth-order valence-electron chi connectivity index (χ4n) is 2.71. The van der Waals surface area contributed by atoms with Crippen LogP contribution in [0.3, 0.4) is 0 Å². The van der Waals surface area contributed by atoms with E-state index in [2.05, 4.69) is 46.5 Å². The van der Waals surface area contributed by atoms with E-state index in [0.29, 0.717) is 12.9 Å². The minimum atomic E-state index is -0.393. The molecule has 0 spiro atoms. The van der Waals surface area contributed by atoms with Crippen LogP contribution in [0.5, 0.6) is 0 Å². The molecule has 7 nitrogen and oxygen atoms in total. The summed E-state index contributed by atoms with van der Waals surface area (Å²) in [5, 5.41) is 5.77. The number of aromatic nitrogens is 1. The van der Waals surface area contributed by atoms with Gasteiger partial charge in [0, 0.05) is 29.1 Å². The number of carbonyl (C=O) groups is 2. The minimum absolute atomic E-state index is 0.0807. The van der Waals surface area contributed by atoms with E-state index in [4.69, 9.17) is 9.47 Å². The Hall–Kier alpha value is -4.06. The zero-order valence-electron chi connectivity index (χ0n) is 26.0. The highest BCUT2D eigenvalue weighted by Gasteiger charge is 2.18. The summed E-state index contributed by atoms with van der Waals surface area (Å²) in [4.78, 5) is 25.2. The molecule has 0 aliphatic carbocycles. The van der Waals surface area contributed by atoms with Crippen LogP contribution in [0.15, 0.2) is 73.1 Å². The molecular formula is C34H46FN3O4. The second-order valence-corrected chi connectivity index (χ2v) is 9.31. The number of hydrogen-bond acceptors (Lipinski definition) is 6. The van der Waals surface area contributed by atoms with Gasteiger partial charge in [0.15, 0.2) is 0 Å². The van der Waals surface area contributed by atoms with Gasteiger partial charge in [0.2, 0.25) is 0 Å². The number of aryl methyl sites for hydroxylation is 1. The molecule has 0 radical (unpaired) electrons. The Balaban J connectivity index is 0.000000591. The van der Waals surface area contributed by atoms with Gasteiger partial charge in [-0.15, -0.1) is 0 Å². The van der Waals surface area contributed by atoms with Crippen molar-refractivity contribution in [2.45, 2.75) is 66.7 Å². The lowest BCUT2D eigenvalue weighted by molar-refractivity contribution is -0.112. The molecule has 0 atom stereocenters. The van der Waals surface area contributed by atoms with E-state index in [1.165, 1.54) is 17.7 Å². The summed E-state index contributed by atoms with van der Waals surface area (Å²) in [6, 6.07) is 17.9. The van der Waals surface area contributed by atoms with E-state index in [-0.39, 0.29) is 24.6 Å². The molecule has 228 valence electrons. The van der Waals surface area contributed by atoms with Gasteiger partial charge in [-0.25, -0.2) is 9.18 Å². The fourth-order valence-corrected chi connectivity index (χ4v) is 2.71. The van der Waals surface area contributed by atoms with Gasteiger partial charge in [0.1, 0.15) is 25.3 Å². The largest absolute Gasteiger partial charge is 0.445 e. The third-order valence-corrected chi connectivity index (χ3v) is 5.33. The highest BCUT2D eigenvalue weighted by atomic mass is 19.1. The smallest absolute Gasteiger partial charge is 0.407 e. The number of nitrogens with zero attached hydrogens (tertiary/aromatic N) is 1. The van der Waals surface area contributed by atoms with Crippen LogP contribution in [0.1, 0.15) is 63.3 Å². The third-order valence-electron chi connectivity index (χ3n) is 5.33. The first kappa shape index (κ1) is 37.9. The highest BCUT2D eigenvalue weighted by Crippen LogP contribution is 2.08. The summed E-state index contributed by atoms with van der Waals surface area (Å²) in [5.41, 5.74) is 3.86. The number of carbonyl (C=O) groups excluding carboxylic acids is 2. The summed E-state index contributed by atoms with van der Waals surface area (Å²) < 4.78 is 22.4. The molecule has 1 aromatic heterocycles. The first-order valence-corrected chi connectivity index (χ1v) is 14.0. The van der Waals surface area contributed by atoms with E-state index >= 15 is 0 Å². The Labute approximate surface area is 251 Å². The lowest BCUT2D eigenvalue weighted by Gasteiger charge is -2.23. The maximum absolute atomic E-state index is 12.4. The van der Waals surface area contributed by atoms with Crippen molar-refractivity contribution in [2.24, 2.45) is 0 Å². The molecule has 42 heavy (non-hydrogen) atoms. The summed E-state index contributed by atoms with van der Waals surface area (Å²) in [6.45, 7) is 13.4. The molecule has 0 unspecified atom stereocenters. The normalized spacial score (nSPS) is 9.62. The van der Waals surface area contributed by atoms with Gasteiger partial charge < -0.3 is 24.9 Å². The van der Waals surface area contributed by atoms with Crippen molar-refractivity contribution in [3.05, 3.63) is 101 Å². The van der Waals surface area contributed by atoms with Crippen molar-refractivity contribution in [1.29, 1.82) is 0 Å². The van der Waals surface area contributed by atoms with Crippen molar-refractivity contribution in [3.63, 3.8) is 0 Å². The van der Waals surface area contributed by atoms with Gasteiger partial charge in [-0.05, 0) is 70.1 Å². The van der Waals surface area contributed by atoms with Crippen LogP contribution in [0, 0.1) is 24.6 Å². The fraction of sp³-hybridized carbons (Fsp3) is 0.382. The molecule has 0 aliphatic heterocycles. The van der Waals surface area contributed by atoms with Gasteiger partial charge >= 0.3 is 6.09 Å². The lowest BCUT2D eigenvalue weighted by Crippen LogP contribution is -2.42. The topological polar surface area (TPSA) is 89.5 Å². The molecule has 0 fully saturated rings. The van der Waals surface area contributed by atoms with Crippen LogP contribution in [0.25, 0.3) is 0 Å². The maximum Gasteiger partial charge on any atom is 0.407 e. The zero-order valence-corrected chi connectivity index (χ0v) is 26.0. The molecule has 2 N–H and O–H groups in total. The average Bonchev–Trinajstić information content (AvgIpc) is 3.00. The second kappa shape index (κ2) is 23.6. The van der Waals surface area contributed by atoms with E-state index in [9.17, 15) is 14.0 Å². The van der Waals surface area contributed by atoms with Crippen LogP contribution < -0.4 is 10.6 Å². The van der Waals surface area contributed by atoms with Crippen molar-refractivity contribution < 1.29 is 23.5 Å². The van der Waals surface area contributed by atoms with Crippen molar-refractivity contribution in [1.82, 2.24) is 15.6 Å². The number of amides is 1. The number of hydrogen-bond donors (Lipinski definition) is 2. The van der Waals surface area contributed by atoms with E-state index in [1.54, 1.807) is 24.5 Å². The van der Waals surface area contributed by atoms with Crippen LogP contribution >= 0.6 is 0 Å². The van der Waals surface area contributed by atoms with Gasteiger partial charge in [-0.2, -0.15) is 0 Å². The summed E-state index contributed by atoms with van der Waals surface area (Å²) in [7, 11) is 1.89. The Morgan fingerprint density at radius 1 is 1.02 bits per heavy atom. The number of pyridine rings is 1. The first-order chi connectivity index (χ1) is 20.2. The number of nitrogens with one attached hydrogen (secondary N) is 2. The molecular weight excluding hydrogens is 533 g/mol. The standard InChI is InChI=1S/C12H18N2O2.C11H13N.C9H9FO2.C2H6/c1-4-12(2,3)14-11(15)16-9-10-6-5-7-13-8-10;1-10-5-7-11(8-6-10)4-3-9-12-2;10-9-3-1-8(2-4-9)7-12-6-5-11;1-2/h5-8H,4,9H2,1-3H3,(H,14,15);5-8,12H,9H2,1-2H3;1-5H,6-7H2;1-2H3. The van der Waals surface area contributed by atoms with Crippen LogP contribution in [0.2, 0.25) is 0 Å². The van der Waals surface area contributed by atoms with Gasteiger partial charge in [-0.1, -0.05) is 68.5 Å². The number of benzene rings is 2. The second-order valence-electron chi connectivity index (χ2n) is 9.31.